The third-order valence-electron chi connectivity index (χ3n) is 4.10. The van der Waals surface area contributed by atoms with Gasteiger partial charge in [-0.25, -0.2) is 9.79 Å². The van der Waals surface area contributed by atoms with Gasteiger partial charge in [0.25, 0.3) is 0 Å². The van der Waals surface area contributed by atoms with E-state index in [4.69, 9.17) is 20.8 Å². The van der Waals surface area contributed by atoms with Crippen molar-refractivity contribution in [1.29, 1.82) is 0 Å². The van der Waals surface area contributed by atoms with Crippen LogP contribution in [0.2, 0.25) is 5.02 Å². The SMILES string of the molecule is O=C1OC(c2ccccc2Cl)=N/C1=C\c1ccc(-c2cccc(C(F)(F)F)c2)o1. The van der Waals surface area contributed by atoms with Crippen molar-refractivity contribution in [3.05, 3.63) is 88.3 Å². The molecule has 0 aliphatic carbocycles. The van der Waals surface area contributed by atoms with Gasteiger partial charge in [0.1, 0.15) is 11.5 Å². The second-order valence-electron chi connectivity index (χ2n) is 6.10. The summed E-state index contributed by atoms with van der Waals surface area (Å²) in [5.41, 5.74) is -0.0572. The van der Waals surface area contributed by atoms with Gasteiger partial charge in [-0.15, -0.1) is 0 Å². The van der Waals surface area contributed by atoms with Crippen LogP contribution in [-0.2, 0) is 15.7 Å². The number of ether oxygens (including phenoxy) is 1. The van der Waals surface area contributed by atoms with Gasteiger partial charge in [0.2, 0.25) is 5.90 Å². The van der Waals surface area contributed by atoms with Crippen molar-refractivity contribution in [2.75, 3.05) is 0 Å². The molecule has 0 radical (unpaired) electrons. The minimum atomic E-state index is -4.45. The lowest BCUT2D eigenvalue weighted by atomic mass is 10.1. The van der Waals surface area contributed by atoms with Crippen LogP contribution in [0.15, 0.2) is 75.8 Å². The van der Waals surface area contributed by atoms with Crippen molar-refractivity contribution in [3.8, 4) is 11.3 Å². The molecule has 0 unspecified atom stereocenters. The molecular formula is C21H11ClF3NO3. The van der Waals surface area contributed by atoms with E-state index in [9.17, 15) is 18.0 Å². The molecule has 146 valence electrons. The van der Waals surface area contributed by atoms with Gasteiger partial charge in [0, 0.05) is 11.6 Å². The highest BCUT2D eigenvalue weighted by Crippen LogP contribution is 2.33. The minimum Gasteiger partial charge on any atom is -0.457 e. The molecule has 4 nitrogen and oxygen atoms in total. The Bertz CT molecular complexity index is 1160. The van der Waals surface area contributed by atoms with E-state index in [1.54, 1.807) is 24.3 Å². The zero-order chi connectivity index (χ0) is 20.6. The summed E-state index contributed by atoms with van der Waals surface area (Å²) in [6.07, 6.45) is -3.10. The highest BCUT2D eigenvalue weighted by molar-refractivity contribution is 6.34. The Labute approximate surface area is 167 Å². The normalized spacial score (nSPS) is 15.5. The van der Waals surface area contributed by atoms with Gasteiger partial charge in [0.15, 0.2) is 5.70 Å². The van der Waals surface area contributed by atoms with Crippen LogP contribution in [0.4, 0.5) is 13.2 Å². The molecule has 0 saturated carbocycles. The Hall–Kier alpha value is -3.32. The predicted molar refractivity (Wildman–Crippen MR) is 101 cm³/mol. The predicted octanol–water partition coefficient (Wildman–Crippen LogP) is 5.96. The molecule has 0 fully saturated rings. The fourth-order valence-corrected chi connectivity index (χ4v) is 2.94. The summed E-state index contributed by atoms with van der Waals surface area (Å²) in [6, 6.07) is 14.6. The van der Waals surface area contributed by atoms with Gasteiger partial charge in [-0.05, 0) is 36.4 Å². The molecule has 1 aromatic heterocycles. The van der Waals surface area contributed by atoms with Crippen molar-refractivity contribution in [2.45, 2.75) is 6.18 Å². The summed E-state index contributed by atoms with van der Waals surface area (Å²) < 4.78 is 49.4. The van der Waals surface area contributed by atoms with Crippen LogP contribution in [0.25, 0.3) is 17.4 Å². The lowest BCUT2D eigenvalue weighted by molar-refractivity contribution is -0.137. The lowest BCUT2D eigenvalue weighted by Crippen LogP contribution is -2.05. The number of nitrogens with zero attached hydrogens (tertiary/aromatic N) is 1. The van der Waals surface area contributed by atoms with E-state index in [1.807, 2.05) is 0 Å². The van der Waals surface area contributed by atoms with Gasteiger partial charge < -0.3 is 9.15 Å². The molecule has 0 saturated heterocycles. The summed E-state index contributed by atoms with van der Waals surface area (Å²) in [4.78, 5) is 16.2. The summed E-state index contributed by atoms with van der Waals surface area (Å²) in [5, 5.41) is 0.380. The molecule has 0 bridgehead atoms. The number of hydrogen-bond donors (Lipinski definition) is 0. The molecule has 0 amide bonds. The molecule has 1 aliphatic heterocycles. The number of hydrogen-bond acceptors (Lipinski definition) is 4. The molecule has 0 atom stereocenters. The monoisotopic (exact) mass is 417 g/mol. The van der Waals surface area contributed by atoms with Crippen molar-refractivity contribution in [3.63, 3.8) is 0 Å². The maximum atomic E-state index is 12.9. The van der Waals surface area contributed by atoms with Gasteiger partial charge >= 0.3 is 12.1 Å². The van der Waals surface area contributed by atoms with E-state index in [1.165, 1.54) is 30.3 Å². The summed E-state index contributed by atoms with van der Waals surface area (Å²) >= 11 is 6.09. The molecule has 0 N–H and O–H groups in total. The van der Waals surface area contributed by atoms with Gasteiger partial charge in [-0.1, -0.05) is 35.9 Å². The van der Waals surface area contributed by atoms with Gasteiger partial charge in [0.05, 0.1) is 16.1 Å². The van der Waals surface area contributed by atoms with Crippen LogP contribution in [0.3, 0.4) is 0 Å². The zero-order valence-electron chi connectivity index (χ0n) is 14.5. The van der Waals surface area contributed by atoms with Crippen LogP contribution in [-0.4, -0.2) is 11.9 Å². The van der Waals surface area contributed by atoms with Crippen molar-refractivity contribution >= 4 is 29.5 Å². The first-order valence-corrected chi connectivity index (χ1v) is 8.74. The number of halogens is 4. The van der Waals surface area contributed by atoms with Crippen LogP contribution < -0.4 is 0 Å². The number of alkyl halides is 3. The van der Waals surface area contributed by atoms with Crippen LogP contribution in [0.5, 0.6) is 0 Å². The number of carbonyl (C=O) groups excluding carboxylic acids is 1. The first-order chi connectivity index (χ1) is 13.8. The van der Waals surface area contributed by atoms with E-state index in [-0.39, 0.29) is 28.7 Å². The number of esters is 1. The molecular weight excluding hydrogens is 407 g/mol. The first-order valence-electron chi connectivity index (χ1n) is 8.36. The van der Waals surface area contributed by atoms with E-state index >= 15 is 0 Å². The standard InChI is InChI=1S/C21H11ClF3NO3/c22-16-7-2-1-6-15(16)19-26-17(20(27)29-19)11-14-8-9-18(28-14)12-4-3-5-13(10-12)21(23,24)25/h1-11H/b17-11-. The van der Waals surface area contributed by atoms with Crippen LogP contribution >= 0.6 is 11.6 Å². The Balaban J connectivity index is 1.63. The average Bonchev–Trinajstić information content (AvgIpc) is 3.29. The highest BCUT2D eigenvalue weighted by Gasteiger charge is 2.30. The lowest BCUT2D eigenvalue weighted by Gasteiger charge is -2.07. The fraction of sp³-hybridized carbons (Fsp3) is 0.0476. The maximum absolute atomic E-state index is 12.9. The Morgan fingerprint density at radius 2 is 1.79 bits per heavy atom. The number of cyclic esters (lactones) is 1. The number of rotatable bonds is 3. The van der Waals surface area contributed by atoms with Crippen molar-refractivity contribution in [1.82, 2.24) is 0 Å². The smallest absolute Gasteiger partial charge is 0.416 e. The molecule has 1 aliphatic rings. The topological polar surface area (TPSA) is 51.8 Å². The second-order valence-corrected chi connectivity index (χ2v) is 6.50. The number of carbonyl (C=O) groups is 1. The molecule has 4 rings (SSSR count). The van der Waals surface area contributed by atoms with Crippen molar-refractivity contribution < 1.29 is 27.1 Å². The molecule has 2 aromatic carbocycles. The van der Waals surface area contributed by atoms with Crippen LogP contribution in [0.1, 0.15) is 16.9 Å². The second kappa shape index (κ2) is 7.25. The maximum Gasteiger partial charge on any atom is 0.416 e. The van der Waals surface area contributed by atoms with Crippen molar-refractivity contribution in [2.24, 2.45) is 4.99 Å². The Morgan fingerprint density at radius 1 is 1.00 bits per heavy atom. The molecule has 2 heterocycles. The van der Waals surface area contributed by atoms with E-state index in [0.717, 1.165) is 12.1 Å². The number of benzene rings is 2. The third kappa shape index (κ3) is 3.95. The molecule has 29 heavy (non-hydrogen) atoms. The Morgan fingerprint density at radius 3 is 2.55 bits per heavy atom. The number of furan rings is 1. The van der Waals surface area contributed by atoms with E-state index in [2.05, 4.69) is 4.99 Å². The molecule has 0 spiro atoms. The third-order valence-corrected chi connectivity index (χ3v) is 4.43. The molecule has 8 heteroatoms. The largest absolute Gasteiger partial charge is 0.457 e. The van der Waals surface area contributed by atoms with Crippen LogP contribution in [0, 0.1) is 0 Å². The Kier molecular flexibility index (Phi) is 4.76. The summed E-state index contributed by atoms with van der Waals surface area (Å²) in [7, 11) is 0. The average molecular weight is 418 g/mol. The zero-order valence-corrected chi connectivity index (χ0v) is 15.3. The first kappa shape index (κ1) is 19.0. The summed E-state index contributed by atoms with van der Waals surface area (Å²) in [6.45, 7) is 0. The quantitative estimate of drug-likeness (QED) is 0.390. The van der Waals surface area contributed by atoms with E-state index in [0.29, 0.717) is 10.6 Å². The molecule has 3 aromatic rings. The minimum absolute atomic E-state index is 0.00939. The van der Waals surface area contributed by atoms with Gasteiger partial charge in [-0.3, -0.25) is 0 Å². The van der Waals surface area contributed by atoms with Gasteiger partial charge in [-0.2, -0.15) is 13.2 Å². The fourth-order valence-electron chi connectivity index (χ4n) is 2.73. The summed E-state index contributed by atoms with van der Waals surface area (Å²) in [5.74, 6) is -0.147. The highest BCUT2D eigenvalue weighted by atomic mass is 35.5. The van der Waals surface area contributed by atoms with E-state index < -0.39 is 17.7 Å². The number of aliphatic imine (C=N–C) groups is 1.